The number of ether oxygens (including phenoxy) is 2. The Morgan fingerprint density at radius 1 is 1.24 bits per heavy atom. The van der Waals surface area contributed by atoms with Gasteiger partial charge in [-0.05, 0) is 12.1 Å². The molecule has 0 saturated heterocycles. The topological polar surface area (TPSA) is 87.4 Å². The first-order chi connectivity index (χ1) is 11.9. The second-order valence-electron chi connectivity index (χ2n) is 6.71. The Kier molecular flexibility index (Phi) is 4.05. The summed E-state index contributed by atoms with van der Waals surface area (Å²) in [7, 11) is 3.22. The highest BCUT2D eigenvalue weighted by atomic mass is 16.5. The van der Waals surface area contributed by atoms with Crippen LogP contribution in [0.5, 0.6) is 11.5 Å². The third-order valence-corrected chi connectivity index (χ3v) is 3.95. The van der Waals surface area contributed by atoms with Crippen molar-refractivity contribution in [2.45, 2.75) is 26.2 Å². The number of aromatic nitrogens is 3. The van der Waals surface area contributed by atoms with E-state index in [-0.39, 0.29) is 5.41 Å². The van der Waals surface area contributed by atoms with Crippen LogP contribution in [-0.4, -0.2) is 28.8 Å². The summed E-state index contributed by atoms with van der Waals surface area (Å²) < 4.78 is 12.5. The molecule has 25 heavy (non-hydrogen) atoms. The summed E-state index contributed by atoms with van der Waals surface area (Å²) in [5, 5.41) is 15.8. The number of nitrogens with one attached hydrogen (secondary N) is 2. The smallest absolute Gasteiger partial charge is 0.173 e. The lowest BCUT2D eigenvalue weighted by Crippen LogP contribution is -2.15. The fraction of sp³-hybridized carbons (Fsp3) is 0.333. The lowest BCUT2D eigenvalue weighted by Gasteiger charge is -2.19. The molecule has 2 aromatic heterocycles. The quantitative estimate of drug-likeness (QED) is 0.758. The minimum atomic E-state index is -0.207. The van der Waals surface area contributed by atoms with E-state index in [2.05, 4.69) is 42.2 Å². The second-order valence-corrected chi connectivity index (χ2v) is 6.71. The maximum Gasteiger partial charge on any atom is 0.173 e. The van der Waals surface area contributed by atoms with Crippen LogP contribution in [0.15, 0.2) is 24.4 Å². The molecule has 0 saturated carbocycles. The zero-order valence-corrected chi connectivity index (χ0v) is 15.0. The van der Waals surface area contributed by atoms with Gasteiger partial charge in [-0.2, -0.15) is 5.26 Å². The van der Waals surface area contributed by atoms with Gasteiger partial charge in [-0.25, -0.2) is 9.50 Å². The van der Waals surface area contributed by atoms with E-state index in [0.717, 1.165) is 17.2 Å². The van der Waals surface area contributed by atoms with E-state index >= 15 is 0 Å². The predicted molar refractivity (Wildman–Crippen MR) is 95.8 cm³/mol. The van der Waals surface area contributed by atoms with Crippen molar-refractivity contribution in [2.75, 3.05) is 19.5 Å². The lowest BCUT2D eigenvalue weighted by atomic mass is 9.92. The van der Waals surface area contributed by atoms with Gasteiger partial charge < -0.3 is 14.8 Å². The first kappa shape index (κ1) is 16.7. The maximum absolute atomic E-state index is 9.28. The number of rotatable bonds is 4. The number of nitriles is 1. The Morgan fingerprint density at radius 3 is 2.60 bits per heavy atom. The summed E-state index contributed by atoms with van der Waals surface area (Å²) in [6.45, 7) is 6.24. The van der Waals surface area contributed by atoms with Crippen molar-refractivity contribution in [1.82, 2.24) is 14.6 Å². The number of imidazole rings is 1. The highest BCUT2D eigenvalue weighted by Gasteiger charge is 2.26. The zero-order chi connectivity index (χ0) is 18.2. The number of anilines is 2. The first-order valence-corrected chi connectivity index (χ1v) is 7.88. The molecule has 3 rings (SSSR count). The molecule has 1 aromatic carbocycles. The van der Waals surface area contributed by atoms with Gasteiger partial charge in [0.25, 0.3) is 0 Å². The van der Waals surface area contributed by atoms with E-state index in [0.29, 0.717) is 22.7 Å². The van der Waals surface area contributed by atoms with Gasteiger partial charge in [-0.3, -0.25) is 5.10 Å². The van der Waals surface area contributed by atoms with Crippen LogP contribution in [0.4, 0.5) is 11.5 Å². The van der Waals surface area contributed by atoms with Gasteiger partial charge in [-0.15, -0.1) is 0 Å². The van der Waals surface area contributed by atoms with Crippen LogP contribution in [0, 0.1) is 11.3 Å². The van der Waals surface area contributed by atoms with Crippen LogP contribution >= 0.6 is 0 Å². The molecule has 0 spiro atoms. The number of aromatic amines is 1. The van der Waals surface area contributed by atoms with Crippen molar-refractivity contribution in [3.05, 3.63) is 35.7 Å². The van der Waals surface area contributed by atoms with Gasteiger partial charge in [0.2, 0.25) is 0 Å². The highest BCUT2D eigenvalue weighted by Crippen LogP contribution is 2.36. The van der Waals surface area contributed by atoms with E-state index < -0.39 is 0 Å². The number of hydrogen-bond donors (Lipinski definition) is 2. The van der Waals surface area contributed by atoms with Crippen LogP contribution in [-0.2, 0) is 5.41 Å². The number of benzene rings is 1. The molecule has 0 aliphatic rings. The molecule has 7 nitrogen and oxygen atoms in total. The summed E-state index contributed by atoms with van der Waals surface area (Å²) in [5.41, 5.74) is 2.53. The summed E-state index contributed by atoms with van der Waals surface area (Å²) >= 11 is 0. The second kappa shape index (κ2) is 6.06. The normalized spacial score (nSPS) is 11.4. The highest BCUT2D eigenvalue weighted by molar-refractivity contribution is 5.71. The maximum atomic E-state index is 9.28. The Labute approximate surface area is 146 Å². The van der Waals surface area contributed by atoms with E-state index in [9.17, 15) is 5.26 Å². The molecule has 130 valence electrons. The summed E-state index contributed by atoms with van der Waals surface area (Å²) in [6, 6.07) is 7.72. The van der Waals surface area contributed by atoms with Crippen LogP contribution in [0.1, 0.15) is 32.0 Å². The number of nitrogens with zero attached hydrogens (tertiary/aromatic N) is 3. The largest absolute Gasteiger partial charge is 0.497 e. The summed E-state index contributed by atoms with van der Waals surface area (Å²) in [4.78, 5) is 4.68. The summed E-state index contributed by atoms with van der Waals surface area (Å²) in [6.07, 6.45) is 1.64. The average Bonchev–Trinajstić information content (AvgIpc) is 3.14. The molecule has 7 heteroatoms. The minimum absolute atomic E-state index is 0.207. The Morgan fingerprint density at radius 2 is 2.00 bits per heavy atom. The predicted octanol–water partition coefficient (Wildman–Crippen LogP) is 3.59. The van der Waals surface area contributed by atoms with E-state index in [1.54, 1.807) is 24.9 Å². The van der Waals surface area contributed by atoms with Crippen LogP contribution in [0.2, 0.25) is 0 Å². The molecule has 2 heterocycles. The SMILES string of the molecule is COc1ccc(Nc2c(C(C)(C)C)nc3c(C#N)c[nH]n23)c(OC)c1. The van der Waals surface area contributed by atoms with Gasteiger partial charge in [0.1, 0.15) is 23.1 Å². The van der Waals surface area contributed by atoms with Gasteiger partial charge in [0.05, 0.1) is 25.6 Å². The van der Waals surface area contributed by atoms with Gasteiger partial charge >= 0.3 is 0 Å². The summed E-state index contributed by atoms with van der Waals surface area (Å²) in [5.74, 6) is 2.14. The number of fused-ring (bicyclic) bond motifs is 1. The van der Waals surface area contributed by atoms with Crippen LogP contribution in [0.3, 0.4) is 0 Å². The Bertz CT molecular complexity index is 956. The van der Waals surface area contributed by atoms with Crippen molar-refractivity contribution in [1.29, 1.82) is 5.26 Å². The molecule has 0 radical (unpaired) electrons. The molecule has 0 aliphatic carbocycles. The Hall–Kier alpha value is -3.14. The van der Waals surface area contributed by atoms with Crippen molar-refractivity contribution in [2.24, 2.45) is 0 Å². The number of methoxy groups -OCH3 is 2. The first-order valence-electron chi connectivity index (χ1n) is 7.88. The molecule has 0 fully saturated rings. The van der Waals surface area contributed by atoms with Crippen LogP contribution < -0.4 is 14.8 Å². The zero-order valence-electron chi connectivity index (χ0n) is 15.0. The van der Waals surface area contributed by atoms with Crippen LogP contribution in [0.25, 0.3) is 5.65 Å². The average molecular weight is 339 g/mol. The third-order valence-electron chi connectivity index (χ3n) is 3.95. The monoisotopic (exact) mass is 339 g/mol. The molecular formula is C18H21N5O2. The fourth-order valence-electron chi connectivity index (χ4n) is 2.67. The molecule has 0 atom stereocenters. The number of hydrogen-bond acceptors (Lipinski definition) is 5. The van der Waals surface area contributed by atoms with Crippen molar-refractivity contribution < 1.29 is 9.47 Å². The molecule has 0 aliphatic heterocycles. The van der Waals surface area contributed by atoms with E-state index in [1.165, 1.54) is 0 Å². The van der Waals surface area contributed by atoms with Crippen molar-refractivity contribution in [3.8, 4) is 17.6 Å². The minimum Gasteiger partial charge on any atom is -0.497 e. The fourth-order valence-corrected chi connectivity index (χ4v) is 2.67. The molecular weight excluding hydrogens is 318 g/mol. The third kappa shape index (κ3) is 2.87. The molecule has 0 bridgehead atoms. The molecule has 3 aromatic rings. The van der Waals surface area contributed by atoms with Gasteiger partial charge in [0, 0.05) is 17.7 Å². The number of H-pyrrole nitrogens is 1. The molecule has 0 amide bonds. The molecule has 2 N–H and O–H groups in total. The van der Waals surface area contributed by atoms with Gasteiger partial charge in [0.15, 0.2) is 11.5 Å². The van der Waals surface area contributed by atoms with E-state index in [1.807, 2.05) is 18.2 Å². The van der Waals surface area contributed by atoms with Crippen molar-refractivity contribution >= 4 is 17.2 Å². The van der Waals surface area contributed by atoms with E-state index in [4.69, 9.17) is 9.47 Å². The van der Waals surface area contributed by atoms with Gasteiger partial charge in [-0.1, -0.05) is 20.8 Å². The standard InChI is InChI=1S/C18H21N5O2/c1-18(2,3)15-17(23-16(22-15)11(9-19)10-20-23)21-13-7-6-12(24-4)8-14(13)25-5/h6-8,10,20-21H,1-5H3. The Balaban J connectivity index is 2.15. The lowest BCUT2D eigenvalue weighted by molar-refractivity contribution is 0.395. The van der Waals surface area contributed by atoms with Crippen molar-refractivity contribution in [3.63, 3.8) is 0 Å². The molecule has 0 unspecified atom stereocenters.